The van der Waals surface area contributed by atoms with Crippen LogP contribution in [0.4, 0.5) is 5.69 Å². The Morgan fingerprint density at radius 2 is 2.00 bits per heavy atom. The van der Waals surface area contributed by atoms with Crippen molar-refractivity contribution in [1.82, 2.24) is 0 Å². The first-order chi connectivity index (χ1) is 10.5. The summed E-state index contributed by atoms with van der Waals surface area (Å²) in [5.74, 6) is -1.24. The molecule has 0 radical (unpaired) electrons. The Hall–Kier alpha value is -3.42. The Balaban J connectivity index is 2.08. The molecule has 0 atom stereocenters. The lowest BCUT2D eigenvalue weighted by Crippen LogP contribution is -2.02. The number of hydrogen-bond donors (Lipinski definition) is 2. The number of nitro groups is 1. The maximum Gasteiger partial charge on any atom is 0.365 e. The zero-order valence-corrected chi connectivity index (χ0v) is 11.0. The molecular weight excluding hydrogens is 292 g/mol. The van der Waals surface area contributed by atoms with Crippen LogP contribution in [0.5, 0.6) is 11.5 Å². The zero-order valence-electron chi connectivity index (χ0n) is 11.0. The van der Waals surface area contributed by atoms with E-state index in [9.17, 15) is 20.0 Å². The molecule has 0 saturated heterocycles. The third kappa shape index (κ3) is 3.57. The molecule has 0 fully saturated rings. The molecule has 0 amide bonds. The highest BCUT2D eigenvalue weighted by Gasteiger charge is 2.12. The number of phenols is 2. The van der Waals surface area contributed by atoms with Crippen molar-refractivity contribution in [1.29, 1.82) is 0 Å². The van der Waals surface area contributed by atoms with E-state index in [4.69, 9.17) is 5.11 Å². The molecule has 0 spiro atoms. The second-order valence-electron chi connectivity index (χ2n) is 4.16. The van der Waals surface area contributed by atoms with Gasteiger partial charge in [-0.15, -0.1) is 0 Å². The molecule has 2 aromatic carbocycles. The van der Waals surface area contributed by atoms with E-state index in [-0.39, 0.29) is 28.3 Å². The number of nitrogens with zero attached hydrogens (tertiary/aromatic N) is 2. The van der Waals surface area contributed by atoms with Crippen molar-refractivity contribution in [2.75, 3.05) is 0 Å². The average molecular weight is 302 g/mol. The Bertz CT molecular complexity index is 757. The van der Waals surface area contributed by atoms with Gasteiger partial charge in [0.2, 0.25) is 0 Å². The number of carbonyl (C=O) groups is 1. The van der Waals surface area contributed by atoms with Crippen LogP contribution in [0, 0.1) is 10.1 Å². The number of hydrogen-bond acceptors (Lipinski definition) is 7. The SMILES string of the molecule is O=C(O/N=C/c1ccc(O)cc1O)c1cccc([N+](=O)[O-])c1. The number of aromatic hydroxyl groups is 2. The first kappa shape index (κ1) is 15.0. The van der Waals surface area contributed by atoms with Crippen LogP contribution in [0.2, 0.25) is 0 Å². The third-order valence-corrected chi connectivity index (χ3v) is 2.63. The lowest BCUT2D eigenvalue weighted by molar-refractivity contribution is -0.384. The van der Waals surface area contributed by atoms with Gasteiger partial charge in [-0.1, -0.05) is 11.2 Å². The molecule has 2 rings (SSSR count). The maximum atomic E-state index is 11.7. The lowest BCUT2D eigenvalue weighted by atomic mass is 10.2. The van der Waals surface area contributed by atoms with Gasteiger partial charge in [-0.25, -0.2) is 4.79 Å². The Morgan fingerprint density at radius 3 is 2.68 bits per heavy atom. The van der Waals surface area contributed by atoms with Crippen LogP contribution in [0.1, 0.15) is 15.9 Å². The normalized spacial score (nSPS) is 10.5. The predicted octanol–water partition coefficient (Wildman–Crippen LogP) is 2.20. The molecule has 0 bridgehead atoms. The molecule has 0 aliphatic heterocycles. The average Bonchev–Trinajstić information content (AvgIpc) is 2.49. The summed E-state index contributed by atoms with van der Waals surface area (Å²) in [6.07, 6.45) is 1.07. The van der Waals surface area contributed by atoms with E-state index in [1.807, 2.05) is 0 Å². The summed E-state index contributed by atoms with van der Waals surface area (Å²) >= 11 is 0. The van der Waals surface area contributed by atoms with E-state index >= 15 is 0 Å². The molecule has 0 unspecified atom stereocenters. The van der Waals surface area contributed by atoms with E-state index in [1.165, 1.54) is 30.3 Å². The van der Waals surface area contributed by atoms with Crippen molar-refractivity contribution < 1.29 is 24.8 Å². The number of benzene rings is 2. The van der Waals surface area contributed by atoms with Crippen molar-refractivity contribution in [2.24, 2.45) is 5.16 Å². The van der Waals surface area contributed by atoms with Crippen molar-refractivity contribution in [2.45, 2.75) is 0 Å². The van der Waals surface area contributed by atoms with Gasteiger partial charge in [0.1, 0.15) is 11.5 Å². The van der Waals surface area contributed by atoms with Crippen LogP contribution in [0.15, 0.2) is 47.6 Å². The highest BCUT2D eigenvalue weighted by molar-refractivity contribution is 5.91. The highest BCUT2D eigenvalue weighted by atomic mass is 16.7. The molecule has 8 nitrogen and oxygen atoms in total. The van der Waals surface area contributed by atoms with Crippen LogP contribution in [0.3, 0.4) is 0 Å². The molecule has 0 aromatic heterocycles. The molecule has 0 aliphatic carbocycles. The fourth-order valence-corrected chi connectivity index (χ4v) is 1.57. The zero-order chi connectivity index (χ0) is 16.1. The van der Waals surface area contributed by atoms with E-state index in [0.717, 1.165) is 18.3 Å². The lowest BCUT2D eigenvalue weighted by Gasteiger charge is -2.00. The minimum absolute atomic E-state index is 0.0266. The second kappa shape index (κ2) is 6.35. The number of nitro benzene ring substituents is 1. The Kier molecular flexibility index (Phi) is 4.33. The van der Waals surface area contributed by atoms with Gasteiger partial charge in [0.15, 0.2) is 0 Å². The van der Waals surface area contributed by atoms with Crippen molar-refractivity contribution in [3.63, 3.8) is 0 Å². The summed E-state index contributed by atoms with van der Waals surface area (Å²) in [4.78, 5) is 26.3. The first-order valence-corrected chi connectivity index (χ1v) is 5.98. The number of rotatable bonds is 4. The molecule has 2 aromatic rings. The molecule has 8 heteroatoms. The number of phenolic OH excluding ortho intramolecular Hbond substituents is 2. The molecule has 0 heterocycles. The van der Waals surface area contributed by atoms with Gasteiger partial charge < -0.3 is 15.1 Å². The summed E-state index contributed by atoms with van der Waals surface area (Å²) in [6, 6.07) is 8.81. The quantitative estimate of drug-likeness (QED) is 0.386. The van der Waals surface area contributed by atoms with Crippen LogP contribution < -0.4 is 0 Å². The first-order valence-electron chi connectivity index (χ1n) is 5.98. The molecule has 0 saturated carbocycles. The summed E-state index contributed by atoms with van der Waals surface area (Å²) in [7, 11) is 0. The van der Waals surface area contributed by atoms with Crippen molar-refractivity contribution in [3.05, 3.63) is 63.7 Å². The van der Waals surface area contributed by atoms with Crippen LogP contribution in [-0.4, -0.2) is 27.3 Å². The molecular formula is C14H10N2O6. The van der Waals surface area contributed by atoms with Crippen molar-refractivity contribution >= 4 is 17.9 Å². The summed E-state index contributed by atoms with van der Waals surface area (Å²) in [5.41, 5.74) is -0.0412. The fraction of sp³-hybridized carbons (Fsp3) is 0. The number of carbonyl (C=O) groups excluding carboxylic acids is 1. The topological polar surface area (TPSA) is 122 Å². The molecule has 0 aliphatic rings. The second-order valence-corrected chi connectivity index (χ2v) is 4.16. The van der Waals surface area contributed by atoms with E-state index in [2.05, 4.69) is 9.99 Å². The molecule has 112 valence electrons. The number of non-ortho nitro benzene ring substituents is 1. The fourth-order valence-electron chi connectivity index (χ4n) is 1.57. The highest BCUT2D eigenvalue weighted by Crippen LogP contribution is 2.21. The van der Waals surface area contributed by atoms with Gasteiger partial charge in [-0.2, -0.15) is 0 Å². The minimum Gasteiger partial charge on any atom is -0.508 e. The maximum absolute atomic E-state index is 11.7. The van der Waals surface area contributed by atoms with Gasteiger partial charge in [0, 0.05) is 23.8 Å². The van der Waals surface area contributed by atoms with Gasteiger partial charge in [0.25, 0.3) is 5.69 Å². The van der Waals surface area contributed by atoms with Crippen LogP contribution in [-0.2, 0) is 4.84 Å². The molecule has 2 N–H and O–H groups in total. The molecule has 22 heavy (non-hydrogen) atoms. The van der Waals surface area contributed by atoms with E-state index in [0.29, 0.717) is 0 Å². The monoisotopic (exact) mass is 302 g/mol. The third-order valence-electron chi connectivity index (χ3n) is 2.63. The van der Waals surface area contributed by atoms with Crippen molar-refractivity contribution in [3.8, 4) is 11.5 Å². The van der Waals surface area contributed by atoms with Gasteiger partial charge in [-0.3, -0.25) is 10.1 Å². The van der Waals surface area contributed by atoms with Crippen LogP contribution in [0.25, 0.3) is 0 Å². The smallest absolute Gasteiger partial charge is 0.365 e. The largest absolute Gasteiger partial charge is 0.508 e. The Morgan fingerprint density at radius 1 is 1.23 bits per heavy atom. The van der Waals surface area contributed by atoms with Gasteiger partial charge in [0.05, 0.1) is 16.7 Å². The standard InChI is InChI=1S/C14H10N2O6/c17-12-5-4-10(13(18)7-12)8-15-22-14(19)9-2-1-3-11(6-9)16(20)21/h1-8,17-18H/b15-8+. The number of oxime groups is 1. The summed E-state index contributed by atoms with van der Waals surface area (Å²) < 4.78 is 0. The van der Waals surface area contributed by atoms with Gasteiger partial charge >= 0.3 is 5.97 Å². The predicted molar refractivity (Wildman–Crippen MR) is 75.9 cm³/mol. The summed E-state index contributed by atoms with van der Waals surface area (Å²) in [6.45, 7) is 0. The van der Waals surface area contributed by atoms with E-state index < -0.39 is 10.9 Å². The Labute approximate surface area is 124 Å². The van der Waals surface area contributed by atoms with Gasteiger partial charge in [-0.05, 0) is 18.2 Å². The summed E-state index contributed by atoms with van der Waals surface area (Å²) in [5, 5.41) is 32.6. The van der Waals surface area contributed by atoms with E-state index in [1.54, 1.807) is 0 Å². The minimum atomic E-state index is -0.877. The van der Waals surface area contributed by atoms with Crippen LogP contribution >= 0.6 is 0 Å².